The van der Waals surface area contributed by atoms with E-state index in [2.05, 4.69) is 17.0 Å². The van der Waals surface area contributed by atoms with Crippen LogP contribution in [0.1, 0.15) is 28.4 Å². The lowest BCUT2D eigenvalue weighted by molar-refractivity contribution is 0.0764. The molecule has 0 aliphatic carbocycles. The largest absolute Gasteiger partial charge is 0.338 e. The summed E-state index contributed by atoms with van der Waals surface area (Å²) in [7, 11) is 0. The van der Waals surface area contributed by atoms with E-state index in [1.54, 1.807) is 4.90 Å². The van der Waals surface area contributed by atoms with Gasteiger partial charge in [-0.15, -0.1) is 0 Å². The highest BCUT2D eigenvalue weighted by atomic mass is 19.1. The minimum atomic E-state index is -0.793. The molecule has 2 saturated heterocycles. The van der Waals surface area contributed by atoms with Crippen molar-refractivity contribution in [1.29, 1.82) is 0 Å². The van der Waals surface area contributed by atoms with Gasteiger partial charge < -0.3 is 15.5 Å². The molecule has 2 fully saturated rings. The quantitative estimate of drug-likeness (QED) is 0.861. The summed E-state index contributed by atoms with van der Waals surface area (Å²) in [6.07, 6.45) is 0.881. The van der Waals surface area contributed by atoms with E-state index in [-0.39, 0.29) is 6.04 Å². The maximum Gasteiger partial charge on any atom is 0.259 e. The van der Waals surface area contributed by atoms with Gasteiger partial charge in [0.15, 0.2) is 0 Å². The van der Waals surface area contributed by atoms with Gasteiger partial charge in [0.2, 0.25) is 0 Å². The highest BCUT2D eigenvalue weighted by Gasteiger charge is 2.42. The molecule has 0 saturated carbocycles. The minimum absolute atomic E-state index is 0.0174. The summed E-state index contributed by atoms with van der Waals surface area (Å²) in [6, 6.07) is 13.6. The van der Waals surface area contributed by atoms with Crippen molar-refractivity contribution in [3.63, 3.8) is 0 Å². The van der Waals surface area contributed by atoms with Crippen LogP contribution < -0.4 is 5.73 Å². The summed E-state index contributed by atoms with van der Waals surface area (Å²) in [5.74, 6) is -1.42. The Hall–Kier alpha value is -2.31. The van der Waals surface area contributed by atoms with Crippen LogP contribution in [0.5, 0.6) is 0 Å². The van der Waals surface area contributed by atoms with Gasteiger partial charge in [0.25, 0.3) is 5.91 Å². The predicted octanol–water partition coefficient (Wildman–Crippen LogP) is 3.06. The van der Waals surface area contributed by atoms with Crippen molar-refractivity contribution < 1.29 is 13.6 Å². The van der Waals surface area contributed by atoms with Gasteiger partial charge >= 0.3 is 0 Å². The molecule has 0 bridgehead atoms. The van der Waals surface area contributed by atoms with Crippen molar-refractivity contribution in [2.24, 2.45) is 17.6 Å². The van der Waals surface area contributed by atoms with E-state index in [9.17, 15) is 13.6 Å². The molecule has 2 aromatic carbocycles. The fourth-order valence-corrected chi connectivity index (χ4v) is 4.49. The first-order valence-electron chi connectivity index (χ1n) is 9.79. The molecule has 2 heterocycles. The number of carbonyl (C=O) groups is 1. The van der Waals surface area contributed by atoms with Crippen LogP contribution in [0.15, 0.2) is 48.5 Å². The number of halogens is 2. The van der Waals surface area contributed by atoms with Gasteiger partial charge in [-0.1, -0.05) is 36.4 Å². The molecule has 2 unspecified atom stereocenters. The molecule has 1 amide bonds. The second kappa shape index (κ2) is 7.97. The smallest absolute Gasteiger partial charge is 0.259 e. The van der Waals surface area contributed by atoms with E-state index in [0.29, 0.717) is 24.9 Å². The third-order valence-corrected chi connectivity index (χ3v) is 6.01. The number of hydrogen-bond donors (Lipinski definition) is 1. The van der Waals surface area contributed by atoms with Crippen LogP contribution in [0.3, 0.4) is 0 Å². The summed E-state index contributed by atoms with van der Waals surface area (Å²) in [5, 5.41) is 0. The van der Waals surface area contributed by atoms with Gasteiger partial charge in [-0.25, -0.2) is 8.78 Å². The fourth-order valence-electron chi connectivity index (χ4n) is 4.49. The maximum atomic E-state index is 13.9. The van der Waals surface area contributed by atoms with Crippen LogP contribution in [-0.4, -0.2) is 48.4 Å². The second-order valence-corrected chi connectivity index (χ2v) is 7.89. The van der Waals surface area contributed by atoms with Crippen molar-refractivity contribution in [3.05, 3.63) is 71.3 Å². The Labute approximate surface area is 163 Å². The van der Waals surface area contributed by atoms with Gasteiger partial charge in [0, 0.05) is 32.2 Å². The average molecular weight is 385 g/mol. The van der Waals surface area contributed by atoms with E-state index in [1.807, 2.05) is 18.2 Å². The topological polar surface area (TPSA) is 49.6 Å². The Morgan fingerprint density at radius 1 is 0.964 bits per heavy atom. The Bertz CT molecular complexity index is 811. The normalized spacial score (nSPS) is 23.0. The molecule has 6 heteroatoms. The van der Waals surface area contributed by atoms with Crippen LogP contribution in [0.4, 0.5) is 8.78 Å². The number of fused-ring (bicyclic) bond motifs is 1. The molecule has 2 aliphatic heterocycles. The van der Waals surface area contributed by atoms with Crippen LogP contribution >= 0.6 is 0 Å². The lowest BCUT2D eigenvalue weighted by Crippen LogP contribution is -2.35. The van der Waals surface area contributed by atoms with E-state index in [4.69, 9.17) is 5.73 Å². The average Bonchev–Trinajstić information content (AvgIpc) is 3.25. The monoisotopic (exact) mass is 385 g/mol. The van der Waals surface area contributed by atoms with Gasteiger partial charge in [-0.3, -0.25) is 4.79 Å². The summed E-state index contributed by atoms with van der Waals surface area (Å²) in [4.78, 5) is 16.6. The summed E-state index contributed by atoms with van der Waals surface area (Å²) in [6.45, 7) is 3.82. The second-order valence-electron chi connectivity index (χ2n) is 7.89. The lowest BCUT2D eigenvalue weighted by atomic mass is 10.0. The zero-order valence-corrected chi connectivity index (χ0v) is 15.7. The van der Waals surface area contributed by atoms with E-state index < -0.39 is 23.1 Å². The standard InChI is InChI=1S/C22H25F2N3O/c23-18-7-4-8-19(24)21(18)22(28)27-13-16-11-26(12-17(16)14-27)10-9-20(25)15-5-2-1-3-6-15/h1-8,16-17,20H,9-14,25H2/t16?,17?,20-/m0/s1. The van der Waals surface area contributed by atoms with Gasteiger partial charge in [0.05, 0.1) is 0 Å². The third-order valence-electron chi connectivity index (χ3n) is 6.01. The summed E-state index contributed by atoms with van der Waals surface area (Å²) >= 11 is 0. The summed E-state index contributed by atoms with van der Waals surface area (Å²) < 4.78 is 27.8. The van der Waals surface area contributed by atoms with E-state index >= 15 is 0 Å². The molecule has 2 N–H and O–H groups in total. The highest BCUT2D eigenvalue weighted by Crippen LogP contribution is 2.33. The molecule has 148 valence electrons. The number of amides is 1. The molecule has 0 spiro atoms. The van der Waals surface area contributed by atoms with Gasteiger partial charge in [-0.2, -0.15) is 0 Å². The number of rotatable bonds is 5. The van der Waals surface area contributed by atoms with Crippen LogP contribution in [0.25, 0.3) is 0 Å². The van der Waals surface area contributed by atoms with Crippen molar-refractivity contribution in [2.75, 3.05) is 32.7 Å². The SMILES string of the molecule is N[C@@H](CCN1CC2CN(C(=O)c3c(F)cccc3F)CC2C1)c1ccccc1. The molecule has 3 atom stereocenters. The van der Waals surface area contributed by atoms with E-state index in [0.717, 1.165) is 43.8 Å². The fraction of sp³-hybridized carbons (Fsp3) is 0.409. The molecular formula is C22H25F2N3O. The maximum absolute atomic E-state index is 13.9. The Kier molecular flexibility index (Phi) is 5.42. The predicted molar refractivity (Wildman–Crippen MR) is 104 cm³/mol. The van der Waals surface area contributed by atoms with Crippen molar-refractivity contribution >= 4 is 5.91 Å². The van der Waals surface area contributed by atoms with E-state index in [1.165, 1.54) is 6.07 Å². The van der Waals surface area contributed by atoms with Crippen LogP contribution in [0, 0.1) is 23.5 Å². The first kappa shape index (κ1) is 19.0. The van der Waals surface area contributed by atoms with Crippen LogP contribution in [0.2, 0.25) is 0 Å². The molecule has 2 aromatic rings. The zero-order chi connectivity index (χ0) is 19.7. The number of nitrogens with zero attached hydrogens (tertiary/aromatic N) is 2. The highest BCUT2D eigenvalue weighted by molar-refractivity contribution is 5.95. The van der Waals surface area contributed by atoms with Gasteiger partial charge in [0.1, 0.15) is 17.2 Å². The Balaban J connectivity index is 1.31. The Morgan fingerprint density at radius 3 is 2.18 bits per heavy atom. The summed E-state index contributed by atoms with van der Waals surface area (Å²) in [5.41, 5.74) is 7.00. The third kappa shape index (κ3) is 3.80. The minimum Gasteiger partial charge on any atom is -0.338 e. The first-order chi connectivity index (χ1) is 13.5. The van der Waals surface area contributed by atoms with Gasteiger partial charge in [-0.05, 0) is 42.5 Å². The number of nitrogens with two attached hydrogens (primary N) is 1. The Morgan fingerprint density at radius 2 is 1.57 bits per heavy atom. The molecule has 4 rings (SSSR count). The zero-order valence-electron chi connectivity index (χ0n) is 15.7. The van der Waals surface area contributed by atoms with Crippen molar-refractivity contribution in [1.82, 2.24) is 9.80 Å². The molecule has 2 aliphatic rings. The first-order valence-corrected chi connectivity index (χ1v) is 9.79. The van der Waals surface area contributed by atoms with Crippen molar-refractivity contribution in [3.8, 4) is 0 Å². The van der Waals surface area contributed by atoms with Crippen molar-refractivity contribution in [2.45, 2.75) is 12.5 Å². The molecule has 0 radical (unpaired) electrons. The molecule has 28 heavy (non-hydrogen) atoms. The van der Waals surface area contributed by atoms with Crippen LogP contribution in [-0.2, 0) is 0 Å². The number of hydrogen-bond acceptors (Lipinski definition) is 3. The number of likely N-dealkylation sites (tertiary alicyclic amines) is 2. The number of carbonyl (C=O) groups excluding carboxylic acids is 1. The lowest BCUT2D eigenvalue weighted by Gasteiger charge is -2.23. The molecule has 0 aromatic heterocycles. The number of benzene rings is 2. The molecular weight excluding hydrogens is 360 g/mol. The molecule has 4 nitrogen and oxygen atoms in total.